The molecule has 1 aromatic carbocycles. The molecule has 0 heterocycles. The summed E-state index contributed by atoms with van der Waals surface area (Å²) in [6.07, 6.45) is 0. The molecule has 2 N–H and O–H groups in total. The van der Waals surface area contributed by atoms with Crippen molar-refractivity contribution in [2.45, 2.75) is 6.92 Å². The average molecular weight is 309 g/mol. The van der Waals surface area contributed by atoms with Crippen molar-refractivity contribution in [1.29, 1.82) is 0 Å². The highest BCUT2D eigenvalue weighted by Crippen LogP contribution is 2.08. The van der Waals surface area contributed by atoms with E-state index in [-0.39, 0.29) is 10.4 Å². The van der Waals surface area contributed by atoms with E-state index in [9.17, 15) is 17.8 Å². The average Bonchev–Trinajstić information content (AvgIpc) is 2.18. The van der Waals surface area contributed by atoms with Crippen LogP contribution in [0.2, 0.25) is 0 Å². The van der Waals surface area contributed by atoms with Gasteiger partial charge in [0.15, 0.2) is 0 Å². The van der Waals surface area contributed by atoms with E-state index in [4.69, 9.17) is 5.73 Å². The number of hydrogen-bond donors (Lipinski definition) is 1. The molecular weight excluding hydrogens is 298 g/mol. The second-order valence-corrected chi connectivity index (χ2v) is 5.16. The molecule has 0 saturated heterocycles. The molecule has 0 radical (unpaired) electrons. The normalized spacial score (nSPS) is 10.2. The smallest absolute Gasteiger partial charge is 0.228 e. The Bertz CT molecular complexity index is 441. The first-order chi connectivity index (χ1) is 7.26. The fourth-order valence-electron chi connectivity index (χ4n) is 0.614. The van der Waals surface area contributed by atoms with E-state index in [0.717, 1.165) is 0 Å². The van der Waals surface area contributed by atoms with Gasteiger partial charge in [0, 0.05) is 17.0 Å². The maximum absolute atomic E-state index is 10.6. The summed E-state index contributed by atoms with van der Waals surface area (Å²) in [5, 5.41) is 0. The third kappa shape index (κ3) is 7.38. The fourth-order valence-corrected chi connectivity index (χ4v) is 0.878. The van der Waals surface area contributed by atoms with Crippen LogP contribution in [-0.2, 0) is 10.1 Å². The second kappa shape index (κ2) is 6.62. The minimum Gasteiger partial charge on any atom is -0.748 e. The third-order valence-electron chi connectivity index (χ3n) is 1.49. The number of nitrogens with two attached hydrogens (primary N) is 1. The number of hydrogen-bond acceptors (Lipinski definition) is 5. The van der Waals surface area contributed by atoms with Crippen LogP contribution < -0.4 is 5.73 Å². The van der Waals surface area contributed by atoms with Crippen molar-refractivity contribution in [3.63, 3.8) is 0 Å². The molecule has 0 aromatic heterocycles. The van der Waals surface area contributed by atoms with Crippen LogP contribution in [0.15, 0.2) is 24.3 Å². The van der Waals surface area contributed by atoms with Crippen LogP contribution >= 0.6 is 15.9 Å². The van der Waals surface area contributed by atoms with Crippen LogP contribution in [0.25, 0.3) is 0 Å². The molecule has 0 fully saturated rings. The van der Waals surface area contributed by atoms with Crippen LogP contribution in [0, 0.1) is 0 Å². The predicted octanol–water partition coefficient (Wildman–Crippen LogP) is 1.36. The molecule has 0 saturated carbocycles. The van der Waals surface area contributed by atoms with Crippen molar-refractivity contribution in [2.24, 2.45) is 0 Å². The number of nitrogen functional groups attached to an aromatic ring is 1. The molecule has 16 heavy (non-hydrogen) atoms. The molecule has 0 atom stereocenters. The van der Waals surface area contributed by atoms with Gasteiger partial charge in [0.05, 0.1) is 10.1 Å². The molecule has 0 bridgehead atoms. The summed E-state index contributed by atoms with van der Waals surface area (Å²) in [6, 6.07) is 6.72. The van der Waals surface area contributed by atoms with E-state index in [0.29, 0.717) is 11.3 Å². The van der Waals surface area contributed by atoms with Gasteiger partial charge < -0.3 is 10.3 Å². The van der Waals surface area contributed by atoms with Crippen LogP contribution in [0.4, 0.5) is 5.69 Å². The minimum atomic E-state index is -3.91. The van der Waals surface area contributed by atoms with Gasteiger partial charge in [-0.3, -0.25) is 4.79 Å². The summed E-state index contributed by atoms with van der Waals surface area (Å²) in [5.41, 5.74) is 6.68. The molecule has 1 aromatic rings. The van der Waals surface area contributed by atoms with Crippen molar-refractivity contribution in [3.05, 3.63) is 29.8 Å². The zero-order valence-corrected chi connectivity index (χ0v) is 10.9. The zero-order chi connectivity index (χ0) is 12.8. The van der Waals surface area contributed by atoms with E-state index in [1.54, 1.807) is 24.3 Å². The van der Waals surface area contributed by atoms with Crippen molar-refractivity contribution in [1.82, 2.24) is 0 Å². The molecular formula is C9H11BrNO4S-. The SMILES string of the molecule is CCS(=O)(=O)[O-].Nc1ccc(C(=O)Br)cc1. The summed E-state index contributed by atoms with van der Waals surface area (Å²) >= 11 is 2.83. The van der Waals surface area contributed by atoms with E-state index < -0.39 is 10.1 Å². The number of carbonyl (C=O) groups is 1. The summed E-state index contributed by atoms with van der Waals surface area (Å²) in [4.78, 5) is 10.6. The predicted molar refractivity (Wildman–Crippen MR) is 64.4 cm³/mol. The quantitative estimate of drug-likeness (QED) is 0.505. The van der Waals surface area contributed by atoms with Crippen molar-refractivity contribution >= 4 is 36.4 Å². The van der Waals surface area contributed by atoms with E-state index >= 15 is 0 Å². The molecule has 7 heteroatoms. The molecule has 0 spiro atoms. The molecule has 0 unspecified atom stereocenters. The Labute approximate surface area is 103 Å². The van der Waals surface area contributed by atoms with Gasteiger partial charge in [-0.25, -0.2) is 8.42 Å². The number of rotatable bonds is 2. The van der Waals surface area contributed by atoms with Gasteiger partial charge in [0.2, 0.25) is 4.69 Å². The lowest BCUT2D eigenvalue weighted by atomic mass is 10.2. The highest BCUT2D eigenvalue weighted by atomic mass is 79.9. The molecule has 0 aliphatic carbocycles. The summed E-state index contributed by atoms with van der Waals surface area (Å²) in [7, 11) is -3.91. The summed E-state index contributed by atoms with van der Waals surface area (Å²) in [6.45, 7) is 1.31. The van der Waals surface area contributed by atoms with Gasteiger partial charge in [-0.2, -0.15) is 0 Å². The van der Waals surface area contributed by atoms with Crippen molar-refractivity contribution in [2.75, 3.05) is 11.5 Å². The molecule has 5 nitrogen and oxygen atoms in total. The van der Waals surface area contributed by atoms with E-state index in [2.05, 4.69) is 15.9 Å². The number of carbonyl (C=O) groups excluding carboxylic acids is 1. The highest BCUT2D eigenvalue weighted by molar-refractivity contribution is 9.18. The Hall–Kier alpha value is -0.920. The Morgan fingerprint density at radius 2 is 1.75 bits per heavy atom. The number of halogens is 1. The minimum absolute atomic E-state index is 0.118. The molecule has 0 aliphatic rings. The van der Waals surface area contributed by atoms with Gasteiger partial charge in [0.25, 0.3) is 0 Å². The zero-order valence-electron chi connectivity index (χ0n) is 8.51. The first-order valence-corrected chi connectivity index (χ1v) is 6.62. The number of benzene rings is 1. The van der Waals surface area contributed by atoms with E-state index in [1.807, 2.05) is 0 Å². The highest BCUT2D eigenvalue weighted by Gasteiger charge is 1.97. The van der Waals surface area contributed by atoms with Gasteiger partial charge in [-0.15, -0.1) is 0 Å². The van der Waals surface area contributed by atoms with Gasteiger partial charge >= 0.3 is 0 Å². The Balaban J connectivity index is 0.000000325. The van der Waals surface area contributed by atoms with Crippen LogP contribution in [0.1, 0.15) is 17.3 Å². The topological polar surface area (TPSA) is 100 Å². The number of anilines is 1. The fraction of sp³-hybridized carbons (Fsp3) is 0.222. The monoisotopic (exact) mass is 308 g/mol. The van der Waals surface area contributed by atoms with E-state index in [1.165, 1.54) is 6.92 Å². The first-order valence-electron chi connectivity index (χ1n) is 4.25. The second-order valence-electron chi connectivity index (χ2n) is 2.74. The summed E-state index contributed by atoms with van der Waals surface area (Å²) < 4.78 is 28.2. The van der Waals surface area contributed by atoms with Crippen molar-refractivity contribution in [3.8, 4) is 0 Å². The van der Waals surface area contributed by atoms with Gasteiger partial charge in [-0.1, -0.05) is 6.92 Å². The lowest BCUT2D eigenvalue weighted by Gasteiger charge is -1.97. The van der Waals surface area contributed by atoms with Crippen LogP contribution in [-0.4, -0.2) is 23.4 Å². The molecule has 0 aliphatic heterocycles. The van der Waals surface area contributed by atoms with Gasteiger partial charge in [0.1, 0.15) is 0 Å². The third-order valence-corrected chi connectivity index (χ3v) is 2.66. The van der Waals surface area contributed by atoms with Crippen LogP contribution in [0.5, 0.6) is 0 Å². The van der Waals surface area contributed by atoms with Gasteiger partial charge in [-0.05, 0) is 40.2 Å². The molecule has 0 amide bonds. The first kappa shape index (κ1) is 15.1. The summed E-state index contributed by atoms with van der Waals surface area (Å²) in [5.74, 6) is -0.312. The Morgan fingerprint density at radius 3 is 2.00 bits per heavy atom. The Morgan fingerprint density at radius 1 is 1.38 bits per heavy atom. The largest absolute Gasteiger partial charge is 0.748 e. The molecule has 1 rings (SSSR count). The lowest BCUT2D eigenvalue weighted by molar-refractivity contribution is 0.109. The van der Waals surface area contributed by atoms with Crippen LogP contribution in [0.3, 0.4) is 0 Å². The molecule has 90 valence electrons. The maximum atomic E-state index is 10.6. The lowest BCUT2D eigenvalue weighted by Crippen LogP contribution is -1.98. The maximum Gasteiger partial charge on any atom is 0.228 e. The van der Waals surface area contributed by atoms with Crippen molar-refractivity contribution < 1.29 is 17.8 Å². The standard InChI is InChI=1S/C7H6BrNO.C2H6O3S/c8-7(10)5-1-3-6(9)4-2-5;1-2-6(3,4)5/h1-4H,9H2;2H2,1H3,(H,3,4,5)/p-1. The Kier molecular flexibility index (Phi) is 6.24.